The average Bonchev–Trinajstić information content (AvgIpc) is 3.00. The Labute approximate surface area is 174 Å². The number of amides is 3. The molecule has 0 unspecified atom stereocenters. The lowest BCUT2D eigenvalue weighted by Gasteiger charge is -2.14. The van der Waals surface area contributed by atoms with Gasteiger partial charge in [0.05, 0.1) is 32.4 Å². The molecule has 148 valence electrons. The summed E-state index contributed by atoms with van der Waals surface area (Å²) in [5.41, 5.74) is 1.28. The SMILES string of the molecule is O=C(Nc1ccc([N+](=O)[O-])cc1Cl)c1ccc(N2C(=O)c3ccccc3C2=O)cc1. The van der Waals surface area contributed by atoms with Gasteiger partial charge in [-0.3, -0.25) is 24.5 Å². The molecule has 1 heterocycles. The number of carbonyl (C=O) groups is 3. The summed E-state index contributed by atoms with van der Waals surface area (Å²) in [5.74, 6) is -1.35. The van der Waals surface area contributed by atoms with E-state index < -0.39 is 22.6 Å². The second-order valence-electron chi connectivity index (χ2n) is 6.41. The molecular weight excluding hydrogens is 410 g/mol. The third-order valence-electron chi connectivity index (χ3n) is 4.59. The van der Waals surface area contributed by atoms with Gasteiger partial charge in [0, 0.05) is 17.7 Å². The normalized spacial score (nSPS) is 12.6. The van der Waals surface area contributed by atoms with E-state index in [2.05, 4.69) is 5.32 Å². The Balaban J connectivity index is 1.53. The first-order valence-corrected chi connectivity index (χ1v) is 9.08. The number of carbonyl (C=O) groups excluding carboxylic acids is 3. The number of nitrogens with one attached hydrogen (secondary N) is 1. The summed E-state index contributed by atoms with van der Waals surface area (Å²) in [4.78, 5) is 48.8. The maximum atomic E-state index is 12.5. The number of nitro benzene ring substituents is 1. The van der Waals surface area contributed by atoms with Crippen LogP contribution in [0, 0.1) is 10.1 Å². The molecule has 8 nitrogen and oxygen atoms in total. The van der Waals surface area contributed by atoms with Gasteiger partial charge in [0.25, 0.3) is 23.4 Å². The number of hydrogen-bond acceptors (Lipinski definition) is 5. The van der Waals surface area contributed by atoms with Crippen LogP contribution in [0.5, 0.6) is 0 Å². The first-order chi connectivity index (χ1) is 14.4. The van der Waals surface area contributed by atoms with Crippen LogP contribution in [0.25, 0.3) is 0 Å². The Morgan fingerprint density at radius 3 is 2.07 bits per heavy atom. The van der Waals surface area contributed by atoms with Crippen molar-refractivity contribution in [3.8, 4) is 0 Å². The molecule has 4 rings (SSSR count). The van der Waals surface area contributed by atoms with Gasteiger partial charge in [0.1, 0.15) is 0 Å². The van der Waals surface area contributed by atoms with Gasteiger partial charge in [0.15, 0.2) is 0 Å². The lowest BCUT2D eigenvalue weighted by atomic mass is 10.1. The summed E-state index contributed by atoms with van der Waals surface area (Å²) in [5, 5.41) is 13.4. The molecule has 3 aromatic rings. The number of non-ortho nitro benzene ring substituents is 1. The Morgan fingerprint density at radius 1 is 0.933 bits per heavy atom. The fourth-order valence-corrected chi connectivity index (χ4v) is 3.32. The minimum absolute atomic E-state index is 0.0280. The molecule has 0 atom stereocenters. The lowest BCUT2D eigenvalue weighted by molar-refractivity contribution is -0.384. The molecule has 0 aliphatic carbocycles. The summed E-state index contributed by atoms with van der Waals surface area (Å²) in [6.07, 6.45) is 0. The van der Waals surface area contributed by atoms with Gasteiger partial charge < -0.3 is 5.32 Å². The van der Waals surface area contributed by atoms with Crippen LogP contribution in [-0.2, 0) is 0 Å². The van der Waals surface area contributed by atoms with Gasteiger partial charge in [-0.25, -0.2) is 4.90 Å². The van der Waals surface area contributed by atoms with Gasteiger partial charge in [-0.15, -0.1) is 0 Å². The highest BCUT2D eigenvalue weighted by atomic mass is 35.5. The number of fused-ring (bicyclic) bond motifs is 1. The van der Waals surface area contributed by atoms with Gasteiger partial charge in [-0.2, -0.15) is 0 Å². The van der Waals surface area contributed by atoms with Crippen LogP contribution < -0.4 is 10.2 Å². The maximum Gasteiger partial charge on any atom is 0.271 e. The van der Waals surface area contributed by atoms with Crippen molar-refractivity contribution in [1.29, 1.82) is 0 Å². The molecule has 3 amide bonds. The molecule has 0 saturated heterocycles. The van der Waals surface area contributed by atoms with E-state index in [1.807, 2.05) is 0 Å². The van der Waals surface area contributed by atoms with Crippen molar-refractivity contribution in [2.75, 3.05) is 10.2 Å². The Kier molecular flexibility index (Phi) is 4.77. The van der Waals surface area contributed by atoms with E-state index in [0.717, 1.165) is 11.0 Å². The topological polar surface area (TPSA) is 110 Å². The van der Waals surface area contributed by atoms with E-state index in [9.17, 15) is 24.5 Å². The quantitative estimate of drug-likeness (QED) is 0.383. The van der Waals surface area contributed by atoms with E-state index in [1.165, 1.54) is 36.4 Å². The molecule has 0 fully saturated rings. The average molecular weight is 422 g/mol. The van der Waals surface area contributed by atoms with E-state index >= 15 is 0 Å². The minimum atomic E-state index is -0.588. The van der Waals surface area contributed by atoms with E-state index in [1.54, 1.807) is 24.3 Å². The molecular formula is C21H12ClN3O5. The second kappa shape index (κ2) is 7.41. The molecule has 0 bridgehead atoms. The zero-order valence-electron chi connectivity index (χ0n) is 15.2. The van der Waals surface area contributed by atoms with Crippen LogP contribution in [0.1, 0.15) is 31.1 Å². The highest BCUT2D eigenvalue weighted by Crippen LogP contribution is 2.29. The fourth-order valence-electron chi connectivity index (χ4n) is 3.10. The Hall–Kier alpha value is -4.04. The molecule has 30 heavy (non-hydrogen) atoms. The van der Waals surface area contributed by atoms with Crippen molar-refractivity contribution in [3.05, 3.63) is 98.6 Å². The van der Waals surface area contributed by atoms with Gasteiger partial charge in [-0.05, 0) is 42.5 Å². The monoisotopic (exact) mass is 421 g/mol. The first-order valence-electron chi connectivity index (χ1n) is 8.70. The maximum absolute atomic E-state index is 12.5. The molecule has 0 radical (unpaired) electrons. The highest BCUT2D eigenvalue weighted by molar-refractivity contribution is 6.35. The summed E-state index contributed by atoms with van der Waals surface area (Å²) < 4.78 is 0. The first kappa shape index (κ1) is 19.3. The van der Waals surface area contributed by atoms with Gasteiger partial charge in [-0.1, -0.05) is 23.7 Å². The van der Waals surface area contributed by atoms with E-state index in [0.29, 0.717) is 16.8 Å². The molecule has 0 spiro atoms. The van der Waals surface area contributed by atoms with Crippen molar-refractivity contribution < 1.29 is 19.3 Å². The molecule has 1 N–H and O–H groups in total. The predicted molar refractivity (Wildman–Crippen MR) is 110 cm³/mol. The van der Waals surface area contributed by atoms with Crippen LogP contribution in [0.2, 0.25) is 5.02 Å². The van der Waals surface area contributed by atoms with Crippen LogP contribution >= 0.6 is 11.6 Å². The summed E-state index contributed by atoms with van der Waals surface area (Å²) in [7, 11) is 0. The third kappa shape index (κ3) is 3.29. The van der Waals surface area contributed by atoms with Crippen molar-refractivity contribution in [3.63, 3.8) is 0 Å². The zero-order chi connectivity index (χ0) is 21.4. The van der Waals surface area contributed by atoms with E-state index in [-0.39, 0.29) is 22.0 Å². The van der Waals surface area contributed by atoms with Crippen molar-refractivity contribution in [2.45, 2.75) is 0 Å². The van der Waals surface area contributed by atoms with E-state index in [4.69, 9.17) is 11.6 Å². The van der Waals surface area contributed by atoms with Crippen LogP contribution in [0.4, 0.5) is 17.1 Å². The van der Waals surface area contributed by atoms with Gasteiger partial charge in [0.2, 0.25) is 0 Å². The summed E-state index contributed by atoms with van der Waals surface area (Å²) >= 11 is 5.99. The number of benzene rings is 3. The number of rotatable bonds is 4. The van der Waals surface area contributed by atoms with Crippen LogP contribution in [-0.4, -0.2) is 22.6 Å². The number of nitrogens with zero attached hydrogens (tertiary/aromatic N) is 2. The fraction of sp³-hybridized carbons (Fsp3) is 0. The number of nitro groups is 1. The molecule has 1 aliphatic heterocycles. The van der Waals surface area contributed by atoms with Crippen LogP contribution in [0.3, 0.4) is 0 Å². The largest absolute Gasteiger partial charge is 0.321 e. The second-order valence-corrected chi connectivity index (χ2v) is 6.82. The Morgan fingerprint density at radius 2 is 1.53 bits per heavy atom. The molecule has 9 heteroatoms. The molecule has 0 saturated carbocycles. The number of anilines is 2. The smallest absolute Gasteiger partial charge is 0.271 e. The van der Waals surface area contributed by atoms with Crippen molar-refractivity contribution >= 4 is 46.4 Å². The predicted octanol–water partition coefficient (Wildman–Crippen LogP) is 4.30. The number of halogens is 1. The minimum Gasteiger partial charge on any atom is -0.321 e. The number of imide groups is 1. The third-order valence-corrected chi connectivity index (χ3v) is 4.91. The summed E-state index contributed by atoms with van der Waals surface area (Å²) in [6, 6.07) is 16.2. The lowest BCUT2D eigenvalue weighted by Crippen LogP contribution is -2.29. The van der Waals surface area contributed by atoms with Crippen molar-refractivity contribution in [1.82, 2.24) is 0 Å². The number of hydrogen-bond donors (Lipinski definition) is 1. The Bertz CT molecular complexity index is 1190. The summed E-state index contributed by atoms with van der Waals surface area (Å²) in [6.45, 7) is 0. The van der Waals surface area contributed by atoms with Gasteiger partial charge >= 0.3 is 0 Å². The molecule has 0 aromatic heterocycles. The zero-order valence-corrected chi connectivity index (χ0v) is 15.9. The molecule has 3 aromatic carbocycles. The highest BCUT2D eigenvalue weighted by Gasteiger charge is 2.36. The standard InChI is InChI=1S/C21H12ClN3O5/c22-17-11-14(25(29)30)9-10-18(17)23-19(26)12-5-7-13(8-6-12)24-20(27)15-3-1-2-4-16(15)21(24)28/h1-11H,(H,23,26). The van der Waals surface area contributed by atoms with Crippen molar-refractivity contribution in [2.24, 2.45) is 0 Å². The van der Waals surface area contributed by atoms with Crippen LogP contribution in [0.15, 0.2) is 66.7 Å². The molecule has 1 aliphatic rings.